The number of benzene rings is 1. The molecule has 0 radical (unpaired) electrons. The Labute approximate surface area is 150 Å². The highest BCUT2D eigenvalue weighted by Crippen LogP contribution is 2.19. The van der Waals surface area contributed by atoms with E-state index in [-0.39, 0.29) is 5.91 Å². The number of hydrazone groups is 1. The Kier molecular flexibility index (Phi) is 5.20. The number of pyridine rings is 1. The van der Waals surface area contributed by atoms with E-state index in [2.05, 4.69) is 20.6 Å². The van der Waals surface area contributed by atoms with Crippen molar-refractivity contribution in [3.8, 4) is 0 Å². The summed E-state index contributed by atoms with van der Waals surface area (Å²) in [6, 6.07) is 15.0. The van der Waals surface area contributed by atoms with E-state index in [1.807, 2.05) is 37.3 Å². The molecule has 2 heterocycles. The van der Waals surface area contributed by atoms with Crippen molar-refractivity contribution in [2.45, 2.75) is 13.5 Å². The van der Waals surface area contributed by atoms with Gasteiger partial charge in [0.1, 0.15) is 10.8 Å². The van der Waals surface area contributed by atoms with Crippen LogP contribution in [0, 0.1) is 6.92 Å². The van der Waals surface area contributed by atoms with Crippen molar-refractivity contribution in [2.24, 2.45) is 5.10 Å². The summed E-state index contributed by atoms with van der Waals surface area (Å²) >= 11 is 6.40. The molecule has 3 aromatic rings. The third-order valence-electron chi connectivity index (χ3n) is 3.54. The molecule has 0 saturated heterocycles. The van der Waals surface area contributed by atoms with Gasteiger partial charge in [0.25, 0.3) is 5.91 Å². The maximum absolute atomic E-state index is 11.9. The van der Waals surface area contributed by atoms with E-state index in [0.717, 1.165) is 11.3 Å². The van der Waals surface area contributed by atoms with Gasteiger partial charge in [-0.15, -0.1) is 0 Å². The minimum atomic E-state index is -0.387. The third-order valence-corrected chi connectivity index (χ3v) is 3.94. The fraction of sp³-hybridized carbons (Fsp3) is 0.111. The van der Waals surface area contributed by atoms with Crippen LogP contribution < -0.4 is 5.43 Å². The summed E-state index contributed by atoms with van der Waals surface area (Å²) in [4.78, 5) is 15.9. The number of halogens is 1. The molecule has 1 aromatic carbocycles. The average Bonchev–Trinajstić information content (AvgIpc) is 2.90. The van der Waals surface area contributed by atoms with Crippen molar-refractivity contribution < 1.29 is 4.79 Å². The smallest absolute Gasteiger partial charge is 0.266 e. The van der Waals surface area contributed by atoms with Crippen molar-refractivity contribution in [1.29, 1.82) is 0 Å². The number of hydrogen-bond acceptors (Lipinski definition) is 4. The number of amides is 1. The Bertz CT molecular complexity index is 891. The summed E-state index contributed by atoms with van der Waals surface area (Å²) in [5.41, 5.74) is 5.22. The van der Waals surface area contributed by atoms with Gasteiger partial charge in [0, 0.05) is 6.20 Å². The molecule has 0 fully saturated rings. The summed E-state index contributed by atoms with van der Waals surface area (Å²) in [6.07, 6.45) is 3.04. The molecule has 6 nitrogen and oxygen atoms in total. The average molecular weight is 354 g/mol. The van der Waals surface area contributed by atoms with Crippen LogP contribution >= 0.6 is 11.6 Å². The van der Waals surface area contributed by atoms with Crippen LogP contribution in [0.15, 0.2) is 59.8 Å². The van der Waals surface area contributed by atoms with Crippen molar-refractivity contribution >= 4 is 23.7 Å². The molecule has 0 aliphatic carbocycles. The topological polar surface area (TPSA) is 72.2 Å². The Morgan fingerprint density at radius 3 is 2.72 bits per heavy atom. The molecule has 1 N–H and O–H groups in total. The minimum absolute atomic E-state index is 0.294. The number of aromatic nitrogens is 3. The first-order valence-electron chi connectivity index (χ1n) is 7.66. The number of carbonyl (C=O) groups is 1. The largest absolute Gasteiger partial charge is 0.289 e. The number of carbonyl (C=O) groups excluding carboxylic acids is 1. The zero-order chi connectivity index (χ0) is 17.6. The lowest BCUT2D eigenvalue weighted by Gasteiger charge is -2.03. The minimum Gasteiger partial charge on any atom is -0.266 e. The van der Waals surface area contributed by atoms with Crippen LogP contribution in [0.3, 0.4) is 0 Å². The van der Waals surface area contributed by atoms with Gasteiger partial charge in [-0.3, -0.25) is 9.78 Å². The number of nitrogens with zero attached hydrogens (tertiary/aromatic N) is 4. The predicted molar refractivity (Wildman–Crippen MR) is 96.8 cm³/mol. The first kappa shape index (κ1) is 16.9. The van der Waals surface area contributed by atoms with E-state index in [4.69, 9.17) is 11.6 Å². The standard InChI is InChI=1S/C18H16ClN5O/c1-13-15(11-21-22-18(25)16-9-5-6-10-20-16)17(19)24(23-13)12-14-7-3-2-4-8-14/h2-11H,12H2,1H3,(H,22,25)/b21-11+. The van der Waals surface area contributed by atoms with Crippen molar-refractivity contribution in [3.05, 3.63) is 82.4 Å². The van der Waals surface area contributed by atoms with Crippen LogP contribution in [0.1, 0.15) is 27.3 Å². The Morgan fingerprint density at radius 2 is 2.00 bits per heavy atom. The van der Waals surface area contributed by atoms with Crippen LogP contribution in [0.4, 0.5) is 0 Å². The normalized spacial score (nSPS) is 11.0. The van der Waals surface area contributed by atoms with E-state index in [1.54, 1.807) is 29.1 Å². The highest BCUT2D eigenvalue weighted by Gasteiger charge is 2.12. The van der Waals surface area contributed by atoms with Crippen LogP contribution in [-0.4, -0.2) is 26.9 Å². The Hall–Kier alpha value is -2.99. The summed E-state index contributed by atoms with van der Waals surface area (Å²) in [5, 5.41) is 8.86. The zero-order valence-electron chi connectivity index (χ0n) is 13.6. The quantitative estimate of drug-likeness (QED) is 0.566. The number of rotatable bonds is 5. The number of aryl methyl sites for hydroxylation is 1. The first-order valence-corrected chi connectivity index (χ1v) is 8.04. The van der Waals surface area contributed by atoms with Crippen molar-refractivity contribution in [2.75, 3.05) is 0 Å². The molecular formula is C18H16ClN5O. The van der Waals surface area contributed by atoms with Gasteiger partial charge in [0.15, 0.2) is 0 Å². The fourth-order valence-corrected chi connectivity index (χ4v) is 2.57. The summed E-state index contributed by atoms with van der Waals surface area (Å²) in [5.74, 6) is -0.387. The molecule has 0 spiro atoms. The fourth-order valence-electron chi connectivity index (χ4n) is 2.28. The molecule has 7 heteroatoms. The van der Waals surface area contributed by atoms with Gasteiger partial charge in [-0.05, 0) is 24.6 Å². The second-order valence-corrected chi connectivity index (χ2v) is 5.71. The second kappa shape index (κ2) is 7.72. The summed E-state index contributed by atoms with van der Waals surface area (Å²) in [7, 11) is 0. The molecule has 0 unspecified atom stereocenters. The zero-order valence-corrected chi connectivity index (χ0v) is 14.3. The maximum atomic E-state index is 11.9. The summed E-state index contributed by atoms with van der Waals surface area (Å²) < 4.78 is 1.70. The van der Waals surface area contributed by atoms with Crippen molar-refractivity contribution in [1.82, 2.24) is 20.2 Å². The molecule has 0 aliphatic heterocycles. The first-order chi connectivity index (χ1) is 12.1. The van der Waals surface area contributed by atoms with E-state index >= 15 is 0 Å². The molecule has 0 bridgehead atoms. The lowest BCUT2D eigenvalue weighted by atomic mass is 10.2. The molecule has 25 heavy (non-hydrogen) atoms. The molecule has 0 aliphatic rings. The lowest BCUT2D eigenvalue weighted by molar-refractivity contribution is 0.0950. The van der Waals surface area contributed by atoms with Crippen LogP contribution in [0.25, 0.3) is 0 Å². The highest BCUT2D eigenvalue weighted by atomic mass is 35.5. The second-order valence-electron chi connectivity index (χ2n) is 5.35. The lowest BCUT2D eigenvalue weighted by Crippen LogP contribution is -2.18. The van der Waals surface area contributed by atoms with Crippen LogP contribution in [0.5, 0.6) is 0 Å². The number of hydrogen-bond donors (Lipinski definition) is 1. The molecule has 0 atom stereocenters. The molecule has 2 aromatic heterocycles. The van der Waals surface area contributed by atoms with Gasteiger partial charge in [0.05, 0.1) is 24.0 Å². The highest BCUT2D eigenvalue weighted by molar-refractivity contribution is 6.32. The SMILES string of the molecule is Cc1nn(Cc2ccccc2)c(Cl)c1/C=N/NC(=O)c1ccccn1. The molecule has 1 amide bonds. The van der Waals surface area contributed by atoms with Gasteiger partial charge in [0.2, 0.25) is 0 Å². The predicted octanol–water partition coefficient (Wildman–Crippen LogP) is 3.05. The Balaban J connectivity index is 1.71. The van der Waals surface area contributed by atoms with Crippen LogP contribution in [-0.2, 0) is 6.54 Å². The van der Waals surface area contributed by atoms with Crippen molar-refractivity contribution in [3.63, 3.8) is 0 Å². The molecule has 0 saturated carbocycles. The van der Waals surface area contributed by atoms with Gasteiger partial charge in [-0.1, -0.05) is 48.0 Å². The molecule has 3 rings (SSSR count). The van der Waals surface area contributed by atoms with Gasteiger partial charge in [-0.2, -0.15) is 10.2 Å². The summed E-state index contributed by atoms with van der Waals surface area (Å²) in [6.45, 7) is 2.41. The maximum Gasteiger partial charge on any atom is 0.289 e. The number of nitrogens with one attached hydrogen (secondary N) is 1. The van der Waals surface area contributed by atoms with E-state index in [0.29, 0.717) is 23.0 Å². The Morgan fingerprint density at radius 1 is 1.24 bits per heavy atom. The molecular weight excluding hydrogens is 338 g/mol. The van der Waals surface area contributed by atoms with E-state index in [9.17, 15) is 4.79 Å². The van der Waals surface area contributed by atoms with E-state index < -0.39 is 0 Å². The molecule has 126 valence electrons. The third kappa shape index (κ3) is 4.10. The van der Waals surface area contributed by atoms with Gasteiger partial charge >= 0.3 is 0 Å². The van der Waals surface area contributed by atoms with E-state index in [1.165, 1.54) is 6.21 Å². The van der Waals surface area contributed by atoms with Gasteiger partial charge in [-0.25, -0.2) is 10.1 Å². The van der Waals surface area contributed by atoms with Gasteiger partial charge < -0.3 is 0 Å². The monoisotopic (exact) mass is 353 g/mol. The van der Waals surface area contributed by atoms with Crippen LogP contribution in [0.2, 0.25) is 5.15 Å².